The minimum Gasteiger partial charge on any atom is -0.385 e. The monoisotopic (exact) mass is 383 g/mol. The van der Waals surface area contributed by atoms with Gasteiger partial charge in [-0.3, -0.25) is 0 Å². The van der Waals surface area contributed by atoms with E-state index in [2.05, 4.69) is 27.1 Å². The van der Waals surface area contributed by atoms with E-state index in [-0.39, 0.29) is 0 Å². The van der Waals surface area contributed by atoms with Gasteiger partial charge in [-0.1, -0.05) is 48.6 Å². The summed E-state index contributed by atoms with van der Waals surface area (Å²) < 4.78 is 0. The summed E-state index contributed by atoms with van der Waals surface area (Å²) >= 11 is 1.62. The maximum atomic E-state index is 11.1. The van der Waals surface area contributed by atoms with Gasteiger partial charge in [0.15, 0.2) is 5.82 Å². The Bertz CT molecular complexity index is 890. The number of hydrogen-bond donors (Lipinski definition) is 2. The van der Waals surface area contributed by atoms with Crippen LogP contribution >= 0.6 is 11.3 Å². The first-order valence-electron chi connectivity index (χ1n) is 9.53. The van der Waals surface area contributed by atoms with Crippen molar-refractivity contribution in [2.75, 3.05) is 24.5 Å². The van der Waals surface area contributed by atoms with Crippen molar-refractivity contribution in [2.45, 2.75) is 38.3 Å². The predicted octanol–water partition coefficient (Wildman–Crippen LogP) is 3.07. The molecule has 1 saturated heterocycles. The first kappa shape index (κ1) is 18.3. The molecule has 0 saturated carbocycles. The molecule has 6 nitrogen and oxygen atoms in total. The Balaban J connectivity index is 1.52. The van der Waals surface area contributed by atoms with Crippen LogP contribution in [0.2, 0.25) is 0 Å². The second kappa shape index (κ2) is 7.88. The Hall–Kier alpha value is -2.09. The average molecular weight is 384 g/mol. The van der Waals surface area contributed by atoms with Crippen LogP contribution in [0.4, 0.5) is 5.82 Å². The summed E-state index contributed by atoms with van der Waals surface area (Å²) in [6.45, 7) is 5.40. The van der Waals surface area contributed by atoms with Crippen LogP contribution in [0.3, 0.4) is 0 Å². The van der Waals surface area contributed by atoms with Gasteiger partial charge < -0.3 is 15.3 Å². The summed E-state index contributed by atoms with van der Waals surface area (Å²) in [5.41, 5.74) is 1.11. The van der Waals surface area contributed by atoms with Crippen LogP contribution in [0.5, 0.6) is 0 Å². The number of rotatable bonds is 6. The van der Waals surface area contributed by atoms with Crippen molar-refractivity contribution in [3.05, 3.63) is 47.2 Å². The lowest BCUT2D eigenvalue weighted by Crippen LogP contribution is -2.43. The number of benzene rings is 1. The van der Waals surface area contributed by atoms with E-state index in [1.165, 1.54) is 0 Å². The molecule has 1 fully saturated rings. The topological polar surface area (TPSA) is 74.2 Å². The number of aliphatic hydroxyl groups is 1. The predicted molar refractivity (Wildman–Crippen MR) is 109 cm³/mol. The van der Waals surface area contributed by atoms with E-state index in [0.29, 0.717) is 12.8 Å². The van der Waals surface area contributed by atoms with Crippen molar-refractivity contribution in [1.29, 1.82) is 0 Å². The molecule has 1 aliphatic rings. The van der Waals surface area contributed by atoms with Crippen LogP contribution in [0.25, 0.3) is 10.3 Å². The van der Waals surface area contributed by atoms with E-state index in [0.717, 1.165) is 59.3 Å². The lowest BCUT2D eigenvalue weighted by atomic mass is 9.84. The molecule has 4 rings (SSSR count). The Morgan fingerprint density at radius 3 is 2.70 bits per heavy atom. The normalized spacial score (nSPS) is 16.7. The van der Waals surface area contributed by atoms with E-state index in [1.54, 1.807) is 17.7 Å². The van der Waals surface area contributed by atoms with Gasteiger partial charge in [-0.05, 0) is 31.4 Å². The summed E-state index contributed by atoms with van der Waals surface area (Å²) in [7, 11) is 0. The highest BCUT2D eigenvalue weighted by Gasteiger charge is 2.34. The number of aromatic nitrogens is 3. The third-order valence-electron chi connectivity index (χ3n) is 5.12. The summed E-state index contributed by atoms with van der Waals surface area (Å²) in [5, 5.41) is 15.5. The van der Waals surface area contributed by atoms with Gasteiger partial charge in [-0.2, -0.15) is 0 Å². The van der Waals surface area contributed by atoms with E-state index in [9.17, 15) is 5.11 Å². The highest BCUT2D eigenvalue weighted by Crippen LogP contribution is 2.35. The standard InChI is InChI=1S/C20H25N5OS/c1-2-10-21-13-16-24-17-18(22-14-23-19(17)27-16)25-11-8-20(26,9-12-25)15-6-4-3-5-7-15/h3-7,14,21,26H,2,8-13H2,1H3. The number of anilines is 1. The lowest BCUT2D eigenvalue weighted by Gasteiger charge is -2.39. The van der Waals surface area contributed by atoms with Crippen molar-refractivity contribution in [1.82, 2.24) is 20.3 Å². The molecule has 1 aliphatic heterocycles. The molecule has 0 radical (unpaired) electrons. The van der Waals surface area contributed by atoms with Crippen LogP contribution in [0.1, 0.15) is 36.8 Å². The van der Waals surface area contributed by atoms with Crippen LogP contribution in [-0.4, -0.2) is 39.7 Å². The number of fused-ring (bicyclic) bond motifs is 1. The van der Waals surface area contributed by atoms with Crippen LogP contribution < -0.4 is 10.2 Å². The molecule has 1 aromatic carbocycles. The SMILES string of the molecule is CCCNCc1nc2c(N3CCC(O)(c4ccccc4)CC3)ncnc2s1. The van der Waals surface area contributed by atoms with Crippen LogP contribution in [0.15, 0.2) is 36.7 Å². The molecule has 142 valence electrons. The minimum atomic E-state index is -0.763. The van der Waals surface area contributed by atoms with Crippen LogP contribution in [0, 0.1) is 0 Å². The maximum Gasteiger partial charge on any atom is 0.159 e. The van der Waals surface area contributed by atoms with Gasteiger partial charge in [0.1, 0.15) is 21.7 Å². The molecule has 2 aromatic heterocycles. The zero-order valence-electron chi connectivity index (χ0n) is 15.6. The Labute approximate surface area is 163 Å². The fraction of sp³-hybridized carbons (Fsp3) is 0.450. The zero-order valence-corrected chi connectivity index (χ0v) is 16.4. The van der Waals surface area contributed by atoms with E-state index >= 15 is 0 Å². The maximum absolute atomic E-state index is 11.1. The van der Waals surface area contributed by atoms with Crippen molar-refractivity contribution in [2.24, 2.45) is 0 Å². The number of piperidine rings is 1. The quantitative estimate of drug-likeness (QED) is 0.637. The van der Waals surface area contributed by atoms with Gasteiger partial charge in [0, 0.05) is 19.6 Å². The summed E-state index contributed by atoms with van der Waals surface area (Å²) in [5.74, 6) is 0.883. The fourth-order valence-electron chi connectivity index (χ4n) is 3.59. The number of hydrogen-bond acceptors (Lipinski definition) is 7. The molecule has 7 heteroatoms. The first-order valence-corrected chi connectivity index (χ1v) is 10.4. The molecule has 0 spiro atoms. The smallest absolute Gasteiger partial charge is 0.159 e. The van der Waals surface area contributed by atoms with Gasteiger partial charge in [0.05, 0.1) is 5.60 Å². The second-order valence-electron chi connectivity index (χ2n) is 7.02. The van der Waals surface area contributed by atoms with Crippen molar-refractivity contribution in [3.63, 3.8) is 0 Å². The summed E-state index contributed by atoms with van der Waals surface area (Å²) in [6.07, 6.45) is 4.08. The Kier molecular flexibility index (Phi) is 5.33. The van der Waals surface area contributed by atoms with E-state index in [1.807, 2.05) is 30.3 Å². The minimum absolute atomic E-state index is 0.678. The van der Waals surface area contributed by atoms with Gasteiger partial charge in [-0.25, -0.2) is 15.0 Å². The third-order valence-corrected chi connectivity index (χ3v) is 6.09. The molecule has 3 aromatic rings. The molecule has 0 atom stereocenters. The average Bonchev–Trinajstić information content (AvgIpc) is 3.13. The largest absolute Gasteiger partial charge is 0.385 e. The summed E-state index contributed by atoms with van der Waals surface area (Å²) in [4.78, 5) is 16.9. The number of nitrogens with zero attached hydrogens (tertiary/aromatic N) is 4. The van der Waals surface area contributed by atoms with Crippen molar-refractivity contribution in [3.8, 4) is 0 Å². The second-order valence-corrected chi connectivity index (χ2v) is 8.08. The Morgan fingerprint density at radius 1 is 1.19 bits per heavy atom. The first-order chi connectivity index (χ1) is 13.2. The molecule has 27 heavy (non-hydrogen) atoms. The Morgan fingerprint density at radius 2 is 1.96 bits per heavy atom. The molecule has 0 unspecified atom stereocenters. The molecule has 0 aliphatic carbocycles. The lowest BCUT2D eigenvalue weighted by molar-refractivity contribution is 0.0117. The third kappa shape index (κ3) is 3.81. The van der Waals surface area contributed by atoms with Crippen molar-refractivity contribution < 1.29 is 5.11 Å². The number of thiazole rings is 1. The van der Waals surface area contributed by atoms with Gasteiger partial charge in [0.25, 0.3) is 0 Å². The number of nitrogens with one attached hydrogen (secondary N) is 1. The highest BCUT2D eigenvalue weighted by molar-refractivity contribution is 7.18. The van der Waals surface area contributed by atoms with Crippen LogP contribution in [-0.2, 0) is 12.1 Å². The fourth-order valence-corrected chi connectivity index (χ4v) is 4.46. The molecule has 0 bridgehead atoms. The zero-order chi connectivity index (χ0) is 18.7. The van der Waals surface area contributed by atoms with Gasteiger partial charge in [-0.15, -0.1) is 0 Å². The van der Waals surface area contributed by atoms with Gasteiger partial charge >= 0.3 is 0 Å². The van der Waals surface area contributed by atoms with E-state index in [4.69, 9.17) is 4.98 Å². The summed E-state index contributed by atoms with van der Waals surface area (Å²) in [6, 6.07) is 9.96. The molecular weight excluding hydrogens is 358 g/mol. The highest BCUT2D eigenvalue weighted by atomic mass is 32.1. The molecular formula is C20H25N5OS. The molecule has 2 N–H and O–H groups in total. The van der Waals surface area contributed by atoms with E-state index < -0.39 is 5.60 Å². The van der Waals surface area contributed by atoms with Gasteiger partial charge in [0.2, 0.25) is 0 Å². The molecule has 0 amide bonds. The van der Waals surface area contributed by atoms with Crippen molar-refractivity contribution >= 4 is 27.5 Å². The molecule has 3 heterocycles.